The molecule has 1 aliphatic rings. The monoisotopic (exact) mass is 297 g/mol. The molecule has 2 aromatic carbocycles. The lowest BCUT2D eigenvalue weighted by molar-refractivity contribution is -0.383. The number of rotatable bonds is 2. The van der Waals surface area contributed by atoms with Crippen molar-refractivity contribution in [2.24, 2.45) is 5.41 Å². The van der Waals surface area contributed by atoms with Gasteiger partial charge in [0.2, 0.25) is 5.91 Å². The molecule has 1 fully saturated rings. The maximum atomic E-state index is 11.8. The minimum absolute atomic E-state index is 0.0746. The number of carbonyl (C=O) groups is 1. The molecule has 112 valence electrons. The highest BCUT2D eigenvalue weighted by atomic mass is 16.6. The van der Waals surface area contributed by atoms with Crippen molar-refractivity contribution in [3.8, 4) is 0 Å². The molecule has 0 aromatic heterocycles. The number of fused-ring (bicyclic) bond motifs is 1. The summed E-state index contributed by atoms with van der Waals surface area (Å²) < 4.78 is 0. The third kappa shape index (κ3) is 2.09. The lowest BCUT2D eigenvalue weighted by atomic mass is 9.88. The Kier molecular flexibility index (Phi) is 3.09. The topological polar surface area (TPSA) is 84.3 Å². The molecule has 0 bridgehead atoms. The Hall–Kier alpha value is -2.89. The van der Waals surface area contributed by atoms with Gasteiger partial charge in [0.25, 0.3) is 5.69 Å². The van der Waals surface area contributed by atoms with E-state index >= 15 is 0 Å². The van der Waals surface area contributed by atoms with Crippen molar-refractivity contribution in [3.63, 3.8) is 0 Å². The van der Waals surface area contributed by atoms with Crippen LogP contribution < -0.4 is 10.9 Å². The molecule has 2 aromatic rings. The lowest BCUT2D eigenvalue weighted by Crippen LogP contribution is -2.28. The second-order valence-corrected chi connectivity index (χ2v) is 5.74. The van der Waals surface area contributed by atoms with Crippen LogP contribution in [0.2, 0.25) is 0 Å². The number of amides is 1. The quantitative estimate of drug-likeness (QED) is 0.659. The van der Waals surface area contributed by atoms with Gasteiger partial charge in [0.15, 0.2) is 0 Å². The maximum Gasteiger partial charge on any atom is 0.277 e. The Morgan fingerprint density at radius 2 is 1.77 bits per heavy atom. The van der Waals surface area contributed by atoms with E-state index in [9.17, 15) is 14.9 Å². The minimum Gasteiger partial charge on any atom is -0.302 e. The number of nitro benzene ring substituents is 1. The molecular weight excluding hydrogens is 282 g/mol. The molecule has 6 nitrogen and oxygen atoms in total. The van der Waals surface area contributed by atoms with E-state index in [1.54, 1.807) is 18.2 Å². The summed E-state index contributed by atoms with van der Waals surface area (Å²) in [6.45, 7) is 3.64. The van der Waals surface area contributed by atoms with E-state index in [0.29, 0.717) is 5.39 Å². The van der Waals surface area contributed by atoms with Gasteiger partial charge in [-0.2, -0.15) is 0 Å². The maximum absolute atomic E-state index is 11.8. The summed E-state index contributed by atoms with van der Waals surface area (Å²) in [5, 5.41) is 12.5. The molecule has 2 N–H and O–H groups in total. The Labute approximate surface area is 126 Å². The van der Waals surface area contributed by atoms with E-state index in [1.165, 1.54) is 6.07 Å². The molecule has 1 amide bonds. The molecule has 6 heteroatoms. The lowest BCUT2D eigenvalue weighted by Gasteiger charge is -2.14. The van der Waals surface area contributed by atoms with E-state index in [0.717, 1.165) is 16.6 Å². The molecule has 0 unspecified atom stereocenters. The van der Waals surface area contributed by atoms with Crippen molar-refractivity contribution in [2.75, 3.05) is 0 Å². The number of non-ortho nitro benzene ring substituents is 1. The van der Waals surface area contributed by atoms with E-state index in [1.807, 2.05) is 32.1 Å². The fourth-order valence-corrected chi connectivity index (χ4v) is 2.53. The summed E-state index contributed by atoms with van der Waals surface area (Å²) >= 11 is 0. The predicted molar refractivity (Wildman–Crippen MR) is 83.6 cm³/mol. The van der Waals surface area contributed by atoms with Crippen LogP contribution in [0.5, 0.6) is 0 Å². The standard InChI is InChI=1S/C16H15N3O3/c1-16(2)14(17-18-15(16)20)9-10-5-3-7-12-11(10)6-4-8-13(12)19(21)22/h3-9,17H,1-2H3,(H,18,20)/b14-9-. The van der Waals surface area contributed by atoms with Crippen molar-refractivity contribution in [3.05, 3.63) is 57.8 Å². The second-order valence-electron chi connectivity index (χ2n) is 5.74. The summed E-state index contributed by atoms with van der Waals surface area (Å²) in [6.07, 6.45) is 1.85. The summed E-state index contributed by atoms with van der Waals surface area (Å²) in [5.41, 5.74) is 6.44. The SMILES string of the molecule is CC1(C)C(=O)NN/C1=C\c1cccc2c([N+](=O)[O-])cccc12. The number of nitro groups is 1. The van der Waals surface area contributed by atoms with Crippen molar-refractivity contribution >= 4 is 28.4 Å². The molecule has 0 spiro atoms. The van der Waals surface area contributed by atoms with Crippen LogP contribution in [-0.2, 0) is 4.79 Å². The third-order valence-corrected chi connectivity index (χ3v) is 3.98. The molecule has 1 heterocycles. The molecule has 1 saturated heterocycles. The molecule has 3 rings (SSSR count). The van der Waals surface area contributed by atoms with Crippen LogP contribution in [0.3, 0.4) is 0 Å². The van der Waals surface area contributed by atoms with Gasteiger partial charge in [-0.15, -0.1) is 0 Å². The molecule has 0 saturated carbocycles. The largest absolute Gasteiger partial charge is 0.302 e. The number of carbonyl (C=O) groups excluding carboxylic acids is 1. The first-order valence-corrected chi connectivity index (χ1v) is 6.86. The number of hydrogen-bond donors (Lipinski definition) is 2. The average Bonchev–Trinajstić information content (AvgIpc) is 2.73. The second kappa shape index (κ2) is 4.84. The van der Waals surface area contributed by atoms with Crippen molar-refractivity contribution in [1.82, 2.24) is 10.9 Å². The Morgan fingerprint density at radius 3 is 2.41 bits per heavy atom. The zero-order chi connectivity index (χ0) is 15.9. The van der Waals surface area contributed by atoms with Crippen LogP contribution in [0.1, 0.15) is 19.4 Å². The molecule has 0 radical (unpaired) electrons. The Bertz CT molecular complexity index is 824. The van der Waals surface area contributed by atoms with Gasteiger partial charge < -0.3 is 5.43 Å². The van der Waals surface area contributed by atoms with Gasteiger partial charge in [0.05, 0.1) is 15.7 Å². The summed E-state index contributed by atoms with van der Waals surface area (Å²) in [5.74, 6) is -0.107. The Morgan fingerprint density at radius 1 is 1.09 bits per heavy atom. The van der Waals surface area contributed by atoms with E-state index in [4.69, 9.17) is 0 Å². The fourth-order valence-electron chi connectivity index (χ4n) is 2.53. The summed E-state index contributed by atoms with van der Waals surface area (Å²) in [6, 6.07) is 10.4. The van der Waals surface area contributed by atoms with Gasteiger partial charge in [-0.3, -0.25) is 20.3 Å². The molecule has 22 heavy (non-hydrogen) atoms. The van der Waals surface area contributed by atoms with Gasteiger partial charge in [-0.1, -0.05) is 24.3 Å². The van der Waals surface area contributed by atoms with E-state index in [2.05, 4.69) is 10.9 Å². The number of hydrogen-bond acceptors (Lipinski definition) is 4. The van der Waals surface area contributed by atoms with Crippen LogP contribution >= 0.6 is 0 Å². The normalized spacial score (nSPS) is 18.3. The van der Waals surface area contributed by atoms with Crippen molar-refractivity contribution in [2.45, 2.75) is 13.8 Å². The predicted octanol–water partition coefficient (Wildman–Crippen LogP) is 2.75. The number of nitrogens with one attached hydrogen (secondary N) is 2. The third-order valence-electron chi connectivity index (χ3n) is 3.98. The molecule has 1 aliphatic heterocycles. The highest BCUT2D eigenvalue weighted by molar-refractivity contribution is 5.98. The smallest absolute Gasteiger partial charge is 0.277 e. The highest BCUT2D eigenvalue weighted by Gasteiger charge is 2.37. The van der Waals surface area contributed by atoms with Gasteiger partial charge in [-0.25, -0.2) is 0 Å². The van der Waals surface area contributed by atoms with Gasteiger partial charge in [-0.05, 0) is 36.9 Å². The van der Waals surface area contributed by atoms with E-state index < -0.39 is 5.41 Å². The summed E-state index contributed by atoms with van der Waals surface area (Å²) in [7, 11) is 0. The zero-order valence-electron chi connectivity index (χ0n) is 12.2. The minimum atomic E-state index is -0.664. The molecule has 0 atom stereocenters. The zero-order valence-corrected chi connectivity index (χ0v) is 12.2. The molecular formula is C16H15N3O3. The van der Waals surface area contributed by atoms with Crippen LogP contribution in [0.25, 0.3) is 16.8 Å². The van der Waals surface area contributed by atoms with Crippen LogP contribution in [0.4, 0.5) is 5.69 Å². The van der Waals surface area contributed by atoms with Crippen molar-refractivity contribution < 1.29 is 9.72 Å². The van der Waals surface area contributed by atoms with Crippen LogP contribution in [0, 0.1) is 15.5 Å². The van der Waals surface area contributed by atoms with E-state index in [-0.39, 0.29) is 16.5 Å². The summed E-state index contributed by atoms with van der Waals surface area (Å²) in [4.78, 5) is 22.6. The molecule has 0 aliphatic carbocycles. The van der Waals surface area contributed by atoms with Gasteiger partial charge >= 0.3 is 0 Å². The highest BCUT2D eigenvalue weighted by Crippen LogP contribution is 2.33. The first kappa shape index (κ1) is 14.1. The van der Waals surface area contributed by atoms with Crippen LogP contribution in [-0.4, -0.2) is 10.8 Å². The van der Waals surface area contributed by atoms with Gasteiger partial charge in [0.1, 0.15) is 0 Å². The first-order chi connectivity index (χ1) is 10.4. The first-order valence-electron chi connectivity index (χ1n) is 6.86. The van der Waals surface area contributed by atoms with Crippen molar-refractivity contribution in [1.29, 1.82) is 0 Å². The van der Waals surface area contributed by atoms with Crippen LogP contribution in [0.15, 0.2) is 42.1 Å². The number of benzene rings is 2. The fraction of sp³-hybridized carbons (Fsp3) is 0.188. The number of nitrogens with zero attached hydrogens (tertiary/aromatic N) is 1. The Balaban J connectivity index is 2.19. The number of hydrazine groups is 1. The van der Waals surface area contributed by atoms with Gasteiger partial charge in [0, 0.05) is 11.8 Å². The average molecular weight is 297 g/mol.